The second kappa shape index (κ2) is 7.85. The zero-order valence-electron chi connectivity index (χ0n) is 15.2. The second-order valence-corrected chi connectivity index (χ2v) is 10.5. The van der Waals surface area contributed by atoms with Crippen molar-refractivity contribution < 1.29 is 18.1 Å². The van der Waals surface area contributed by atoms with E-state index in [4.69, 9.17) is 33.2 Å². The van der Waals surface area contributed by atoms with Crippen molar-refractivity contribution in [1.29, 1.82) is 10.7 Å². The van der Waals surface area contributed by atoms with Gasteiger partial charge in [-0.1, -0.05) is 23.2 Å². The first-order valence-electron chi connectivity index (χ1n) is 8.44. The van der Waals surface area contributed by atoms with Gasteiger partial charge in [-0.2, -0.15) is 25.4 Å². The molecule has 154 valence electrons. The molecule has 0 aromatic heterocycles. The van der Waals surface area contributed by atoms with Crippen LogP contribution in [0, 0.1) is 16.7 Å². The summed E-state index contributed by atoms with van der Waals surface area (Å²) in [5.41, 5.74) is 0.217. The number of anilines is 1. The fourth-order valence-corrected chi connectivity index (χ4v) is 6.30. The average molecular weight is 474 g/mol. The number of benzene rings is 1. The van der Waals surface area contributed by atoms with Crippen LogP contribution in [-0.2, 0) is 10.1 Å². The van der Waals surface area contributed by atoms with Gasteiger partial charge in [-0.25, -0.2) is 0 Å². The maximum absolute atomic E-state index is 11.1. The summed E-state index contributed by atoms with van der Waals surface area (Å²) in [5, 5.41) is 28.7. The molecule has 0 bridgehead atoms. The van der Waals surface area contributed by atoms with Crippen molar-refractivity contribution in [3.8, 4) is 6.07 Å². The lowest BCUT2D eigenvalue weighted by Crippen LogP contribution is -2.54. The summed E-state index contributed by atoms with van der Waals surface area (Å²) < 4.78 is 31.2. The van der Waals surface area contributed by atoms with Crippen LogP contribution in [-0.4, -0.2) is 46.2 Å². The van der Waals surface area contributed by atoms with E-state index in [1.165, 1.54) is 17.8 Å². The third kappa shape index (κ3) is 4.00. The number of nitrogens with one attached hydrogen (secondary N) is 1. The predicted molar refractivity (Wildman–Crippen MR) is 116 cm³/mol. The Morgan fingerprint density at radius 2 is 2.10 bits per heavy atom. The molecule has 1 aliphatic carbocycles. The Morgan fingerprint density at radius 1 is 1.41 bits per heavy atom. The minimum atomic E-state index is -4.13. The Hall–Kier alpha value is -1.70. The lowest BCUT2D eigenvalue weighted by molar-refractivity contribution is 0.356. The van der Waals surface area contributed by atoms with E-state index in [9.17, 15) is 18.8 Å². The van der Waals surface area contributed by atoms with Gasteiger partial charge >= 0.3 is 0 Å². The number of hydrogen-bond acceptors (Lipinski definition) is 6. The molecule has 1 aliphatic heterocycles. The minimum Gasteiger partial charge on any atom is -0.512 e. The van der Waals surface area contributed by atoms with Crippen LogP contribution in [0.1, 0.15) is 13.3 Å². The van der Waals surface area contributed by atoms with Gasteiger partial charge in [-0.15, -0.1) is 0 Å². The van der Waals surface area contributed by atoms with E-state index in [0.717, 1.165) is 0 Å². The van der Waals surface area contributed by atoms with Crippen molar-refractivity contribution in [2.24, 2.45) is 0 Å². The maximum atomic E-state index is 11.1. The lowest BCUT2D eigenvalue weighted by atomic mass is 9.81. The van der Waals surface area contributed by atoms with Crippen molar-refractivity contribution >= 4 is 56.6 Å². The van der Waals surface area contributed by atoms with Crippen molar-refractivity contribution in [2.75, 3.05) is 16.4 Å². The zero-order valence-corrected chi connectivity index (χ0v) is 18.3. The van der Waals surface area contributed by atoms with Gasteiger partial charge in [0, 0.05) is 28.7 Å². The molecule has 2 atom stereocenters. The SMILES string of the molecule is C[C@]12C(=C(C#N)C(=N)N1c1ccc(Cl)c(Cl)c1)C=C(O)C[C@@H]2SCCS(=O)(=O)O. The van der Waals surface area contributed by atoms with E-state index < -0.39 is 26.7 Å². The Morgan fingerprint density at radius 3 is 2.69 bits per heavy atom. The molecule has 3 rings (SSSR count). The maximum Gasteiger partial charge on any atom is 0.265 e. The number of amidine groups is 1. The minimum absolute atomic E-state index is 0.0402. The number of aliphatic hydroxyl groups excluding tert-OH is 1. The van der Waals surface area contributed by atoms with Crippen LogP contribution in [0.5, 0.6) is 0 Å². The van der Waals surface area contributed by atoms with Gasteiger partial charge in [-0.3, -0.25) is 9.96 Å². The quantitative estimate of drug-likeness (QED) is 0.546. The van der Waals surface area contributed by atoms with Crippen LogP contribution < -0.4 is 4.90 Å². The number of thioether (sulfide) groups is 1. The van der Waals surface area contributed by atoms with E-state index in [0.29, 0.717) is 16.3 Å². The summed E-state index contributed by atoms with van der Waals surface area (Å²) in [5.74, 6) is -0.360. The normalized spacial score (nSPS) is 24.4. The molecular formula is C18H17Cl2N3O4S2. The smallest absolute Gasteiger partial charge is 0.265 e. The molecule has 29 heavy (non-hydrogen) atoms. The highest BCUT2D eigenvalue weighted by Gasteiger charge is 2.53. The van der Waals surface area contributed by atoms with Crippen LogP contribution in [0.2, 0.25) is 10.0 Å². The largest absolute Gasteiger partial charge is 0.512 e. The molecule has 7 nitrogen and oxygen atoms in total. The van der Waals surface area contributed by atoms with E-state index in [-0.39, 0.29) is 34.4 Å². The first-order chi connectivity index (χ1) is 13.5. The van der Waals surface area contributed by atoms with Gasteiger partial charge in [-0.05, 0) is 31.2 Å². The van der Waals surface area contributed by atoms with Crippen LogP contribution in [0.25, 0.3) is 0 Å². The lowest BCUT2D eigenvalue weighted by Gasteiger charge is -2.45. The van der Waals surface area contributed by atoms with E-state index in [2.05, 4.69) is 0 Å². The molecule has 11 heteroatoms. The summed E-state index contributed by atoms with van der Waals surface area (Å²) in [7, 11) is -4.13. The van der Waals surface area contributed by atoms with Crippen LogP contribution in [0.15, 0.2) is 41.2 Å². The first-order valence-corrected chi connectivity index (χ1v) is 11.9. The molecule has 1 aromatic carbocycles. The third-order valence-electron chi connectivity index (χ3n) is 5.01. The van der Waals surface area contributed by atoms with Crippen molar-refractivity contribution in [1.82, 2.24) is 0 Å². The summed E-state index contributed by atoms with van der Waals surface area (Å²) >= 11 is 13.4. The van der Waals surface area contributed by atoms with E-state index in [1.54, 1.807) is 23.1 Å². The molecule has 0 saturated carbocycles. The fraction of sp³-hybridized carbons (Fsp3) is 0.333. The molecule has 0 spiro atoms. The molecule has 3 N–H and O–H groups in total. The number of nitrogens with zero attached hydrogens (tertiary/aromatic N) is 2. The van der Waals surface area contributed by atoms with E-state index >= 15 is 0 Å². The molecule has 0 fully saturated rings. The van der Waals surface area contributed by atoms with Gasteiger partial charge in [0.1, 0.15) is 17.5 Å². The van der Waals surface area contributed by atoms with Crippen molar-refractivity contribution in [3.05, 3.63) is 51.2 Å². The average Bonchev–Trinajstić information content (AvgIpc) is 2.83. The molecule has 0 radical (unpaired) electrons. The van der Waals surface area contributed by atoms with Crippen LogP contribution in [0.4, 0.5) is 5.69 Å². The molecular weight excluding hydrogens is 457 g/mol. The Balaban J connectivity index is 2.10. The van der Waals surface area contributed by atoms with E-state index in [1.807, 2.05) is 13.0 Å². The van der Waals surface area contributed by atoms with Gasteiger partial charge in [0.2, 0.25) is 0 Å². The third-order valence-corrected chi connectivity index (χ3v) is 8.19. The number of allylic oxidation sites excluding steroid dienone is 1. The predicted octanol–water partition coefficient (Wildman–Crippen LogP) is 4.20. The molecule has 0 unspecified atom stereocenters. The topological polar surface area (TPSA) is 125 Å². The van der Waals surface area contributed by atoms with Gasteiger partial charge in [0.15, 0.2) is 0 Å². The number of rotatable bonds is 5. The highest BCUT2D eigenvalue weighted by Crippen LogP contribution is 2.50. The Bertz CT molecular complexity index is 1090. The number of hydrogen-bond donors (Lipinski definition) is 3. The number of halogens is 2. The Kier molecular flexibility index (Phi) is 5.96. The van der Waals surface area contributed by atoms with Crippen molar-refractivity contribution in [2.45, 2.75) is 24.1 Å². The summed E-state index contributed by atoms with van der Waals surface area (Å²) in [6.07, 6.45) is 1.70. The highest BCUT2D eigenvalue weighted by atomic mass is 35.5. The molecule has 1 aromatic rings. The molecule has 2 aliphatic rings. The monoisotopic (exact) mass is 473 g/mol. The molecule has 1 heterocycles. The standard InChI is InChI=1S/C18H17Cl2N3O4S2/c1-18-13(7-11(24)8-16(18)28-4-5-29(25,26)27)12(9-21)17(22)23(18)10-2-3-14(19)15(20)6-10/h2-3,6-7,16,22,24H,4-5,8H2,1H3,(H,25,26,27)/t16-,18+/m0/s1. The fourth-order valence-electron chi connectivity index (χ4n) is 3.65. The van der Waals surface area contributed by atoms with Crippen LogP contribution in [0.3, 0.4) is 0 Å². The van der Waals surface area contributed by atoms with Crippen molar-refractivity contribution in [3.63, 3.8) is 0 Å². The first kappa shape index (κ1) is 22.0. The second-order valence-electron chi connectivity index (χ2n) is 6.82. The zero-order chi connectivity index (χ0) is 21.6. The van der Waals surface area contributed by atoms with Gasteiger partial charge < -0.3 is 10.0 Å². The van der Waals surface area contributed by atoms with Gasteiger partial charge in [0.05, 0.1) is 27.1 Å². The summed E-state index contributed by atoms with van der Waals surface area (Å²) in [6.45, 7) is 1.83. The van der Waals surface area contributed by atoms with Gasteiger partial charge in [0.25, 0.3) is 10.1 Å². The van der Waals surface area contributed by atoms with Crippen LogP contribution >= 0.6 is 35.0 Å². The highest BCUT2D eigenvalue weighted by molar-refractivity contribution is 8.00. The Labute approximate surface area is 182 Å². The summed E-state index contributed by atoms with van der Waals surface area (Å²) in [6, 6.07) is 6.91. The number of aliphatic hydroxyl groups is 1. The summed E-state index contributed by atoms with van der Waals surface area (Å²) in [4.78, 5) is 1.65. The molecule has 0 saturated heterocycles. The number of fused-ring (bicyclic) bond motifs is 1. The molecule has 0 amide bonds. The number of nitriles is 1.